The van der Waals surface area contributed by atoms with Crippen molar-refractivity contribution >= 4 is 46.5 Å². The number of carbonyl (C=O) groups is 2. The zero-order valence-corrected chi connectivity index (χ0v) is 20.7. The minimum atomic E-state index is -4.45. The first-order valence-electron chi connectivity index (χ1n) is 11.0. The third-order valence-electron chi connectivity index (χ3n) is 6.19. The number of carboxylic acids is 1. The Morgan fingerprint density at radius 2 is 1.94 bits per heavy atom. The summed E-state index contributed by atoms with van der Waals surface area (Å²) in [7, 11) is 1.69. The number of aryl methyl sites for hydroxylation is 2. The number of hydrogen-bond acceptors (Lipinski definition) is 2. The van der Waals surface area contributed by atoms with E-state index in [9.17, 15) is 27.9 Å². The molecule has 2 aromatic carbocycles. The van der Waals surface area contributed by atoms with Crippen LogP contribution in [0, 0.1) is 12.8 Å². The lowest BCUT2D eigenvalue weighted by atomic mass is 9.93. The molecule has 5 nitrogen and oxygen atoms in total. The molecule has 1 aromatic heterocycles. The topological polar surface area (TPSA) is 71.3 Å². The van der Waals surface area contributed by atoms with Crippen molar-refractivity contribution in [2.24, 2.45) is 13.0 Å². The minimum Gasteiger partial charge on any atom is -0.481 e. The molecule has 0 aliphatic heterocycles. The number of amides is 1. The Balaban J connectivity index is 1.93. The third-order valence-corrected chi connectivity index (χ3v) is 7.02. The third kappa shape index (κ3) is 6.11. The van der Waals surface area contributed by atoms with Crippen molar-refractivity contribution in [3.63, 3.8) is 0 Å². The maximum Gasteiger partial charge on any atom is 0.416 e. The summed E-state index contributed by atoms with van der Waals surface area (Å²) in [5.41, 5.74) is 2.17. The molecule has 0 spiro atoms. The molecule has 0 fully saturated rings. The van der Waals surface area contributed by atoms with Gasteiger partial charge in [-0.3, -0.25) is 9.59 Å². The molecule has 1 heterocycles. The first-order valence-corrected chi connectivity index (χ1v) is 11.7. The highest BCUT2D eigenvalue weighted by Crippen LogP contribution is 2.36. The van der Waals surface area contributed by atoms with Gasteiger partial charge in [0.25, 0.3) is 0 Å². The van der Waals surface area contributed by atoms with Gasteiger partial charge < -0.3 is 15.0 Å². The summed E-state index contributed by atoms with van der Waals surface area (Å²) in [6.07, 6.45) is -2.58. The summed E-state index contributed by atoms with van der Waals surface area (Å²) < 4.78 is 41.6. The predicted molar refractivity (Wildman–Crippen MR) is 130 cm³/mol. The Morgan fingerprint density at radius 1 is 1.23 bits per heavy atom. The van der Waals surface area contributed by atoms with E-state index in [1.165, 1.54) is 0 Å². The molecule has 0 saturated heterocycles. The number of carbonyl (C=O) groups excluding carboxylic acids is 1. The average molecular weight is 529 g/mol. The molecule has 0 bridgehead atoms. The molecule has 3 rings (SSSR count). The number of fused-ring (bicyclic) bond motifs is 1. The van der Waals surface area contributed by atoms with E-state index in [2.05, 4.69) is 5.32 Å². The van der Waals surface area contributed by atoms with Gasteiger partial charge >= 0.3 is 12.1 Å². The molecular formula is C25H25Cl2F3N2O3. The van der Waals surface area contributed by atoms with Gasteiger partial charge in [-0.2, -0.15) is 13.2 Å². The Bertz CT molecular complexity index is 1260. The van der Waals surface area contributed by atoms with Gasteiger partial charge in [-0.15, -0.1) is 0 Å². The van der Waals surface area contributed by atoms with Crippen LogP contribution in [0.4, 0.5) is 13.2 Å². The van der Waals surface area contributed by atoms with Gasteiger partial charge in [0, 0.05) is 46.7 Å². The molecule has 10 heteroatoms. The van der Waals surface area contributed by atoms with Crippen LogP contribution in [0.2, 0.25) is 10.0 Å². The first-order chi connectivity index (χ1) is 16.4. The zero-order valence-electron chi connectivity index (χ0n) is 19.2. The van der Waals surface area contributed by atoms with Crippen molar-refractivity contribution in [2.75, 3.05) is 6.54 Å². The number of alkyl halides is 3. The van der Waals surface area contributed by atoms with Crippen LogP contribution < -0.4 is 5.32 Å². The van der Waals surface area contributed by atoms with E-state index >= 15 is 0 Å². The lowest BCUT2D eigenvalue weighted by Gasteiger charge is -2.16. The summed E-state index contributed by atoms with van der Waals surface area (Å²) in [5.74, 6) is -1.66. The van der Waals surface area contributed by atoms with Crippen LogP contribution in [0.25, 0.3) is 10.9 Å². The fourth-order valence-electron chi connectivity index (χ4n) is 4.23. The second-order valence-corrected chi connectivity index (χ2v) is 9.33. The maximum atomic E-state index is 13.3. The normalized spacial score (nSPS) is 12.7. The lowest BCUT2D eigenvalue weighted by Crippen LogP contribution is -2.20. The van der Waals surface area contributed by atoms with Gasteiger partial charge in [0.2, 0.25) is 6.41 Å². The highest BCUT2D eigenvalue weighted by Gasteiger charge is 2.31. The highest BCUT2D eigenvalue weighted by atomic mass is 35.5. The summed E-state index contributed by atoms with van der Waals surface area (Å²) in [6, 6.07) is 7.42. The maximum absolute atomic E-state index is 13.3. The van der Waals surface area contributed by atoms with Gasteiger partial charge in [0.15, 0.2) is 0 Å². The van der Waals surface area contributed by atoms with Crippen molar-refractivity contribution in [3.05, 3.63) is 68.3 Å². The second kappa shape index (κ2) is 10.9. The largest absolute Gasteiger partial charge is 0.481 e. The Labute approximate surface area is 210 Å². The lowest BCUT2D eigenvalue weighted by molar-refractivity contribution is -0.142. The second-order valence-electron chi connectivity index (χ2n) is 8.55. The van der Waals surface area contributed by atoms with Crippen LogP contribution in [0.15, 0.2) is 30.3 Å². The van der Waals surface area contributed by atoms with Crippen LogP contribution in [-0.4, -0.2) is 28.6 Å². The van der Waals surface area contributed by atoms with Gasteiger partial charge in [0.1, 0.15) is 0 Å². The molecule has 2 N–H and O–H groups in total. The molecule has 1 unspecified atom stereocenters. The molecule has 0 radical (unpaired) electrons. The Morgan fingerprint density at radius 3 is 2.57 bits per heavy atom. The fourth-order valence-corrected chi connectivity index (χ4v) is 4.81. The van der Waals surface area contributed by atoms with Gasteiger partial charge in [0.05, 0.1) is 11.5 Å². The summed E-state index contributed by atoms with van der Waals surface area (Å²) in [6.45, 7) is 2.02. The number of halogens is 5. The monoisotopic (exact) mass is 528 g/mol. The van der Waals surface area contributed by atoms with Crippen LogP contribution in [-0.2, 0) is 35.7 Å². The van der Waals surface area contributed by atoms with Gasteiger partial charge in [-0.05, 0) is 67.1 Å². The molecule has 0 saturated carbocycles. The van der Waals surface area contributed by atoms with Gasteiger partial charge in [-0.1, -0.05) is 29.3 Å². The molecular weight excluding hydrogens is 504 g/mol. The number of rotatable bonds is 10. The van der Waals surface area contributed by atoms with Crippen molar-refractivity contribution in [1.29, 1.82) is 0 Å². The Kier molecular flexibility index (Phi) is 8.38. The smallest absolute Gasteiger partial charge is 0.416 e. The van der Waals surface area contributed by atoms with E-state index in [0.29, 0.717) is 63.4 Å². The molecule has 1 atom stereocenters. The number of nitrogens with zero attached hydrogens (tertiary/aromatic N) is 1. The zero-order chi connectivity index (χ0) is 25.9. The van der Waals surface area contributed by atoms with E-state index in [1.807, 2.05) is 6.07 Å². The van der Waals surface area contributed by atoms with Crippen molar-refractivity contribution in [3.8, 4) is 0 Å². The number of carboxylic acid groups (broad SMARTS) is 1. The van der Waals surface area contributed by atoms with Crippen LogP contribution in [0.1, 0.15) is 40.8 Å². The van der Waals surface area contributed by atoms with Crippen molar-refractivity contribution in [1.82, 2.24) is 9.88 Å². The van der Waals surface area contributed by atoms with Crippen molar-refractivity contribution < 1.29 is 27.9 Å². The predicted octanol–water partition coefficient (Wildman–Crippen LogP) is 6.17. The van der Waals surface area contributed by atoms with E-state index < -0.39 is 23.6 Å². The quantitative estimate of drug-likeness (QED) is 0.244. The molecule has 35 heavy (non-hydrogen) atoms. The average Bonchev–Trinajstić information content (AvgIpc) is 3.10. The summed E-state index contributed by atoms with van der Waals surface area (Å²) >= 11 is 13.1. The van der Waals surface area contributed by atoms with E-state index in [-0.39, 0.29) is 12.8 Å². The summed E-state index contributed by atoms with van der Waals surface area (Å²) in [5, 5.41) is 13.6. The number of aliphatic carboxylic acids is 1. The number of hydrogen-bond donors (Lipinski definition) is 2. The number of benzene rings is 2. The van der Waals surface area contributed by atoms with E-state index in [4.69, 9.17) is 23.2 Å². The SMILES string of the molecule is Cc1cc(C(F)(F)F)cc2c1cc(Cc1c(Cl)ccc(CC(CCCNC=O)C(=O)O)c1Cl)n2C. The molecule has 188 valence electrons. The molecule has 0 aliphatic carbocycles. The fraction of sp³-hybridized carbons (Fsp3) is 0.360. The summed E-state index contributed by atoms with van der Waals surface area (Å²) in [4.78, 5) is 22.1. The van der Waals surface area contributed by atoms with Crippen LogP contribution >= 0.6 is 23.2 Å². The molecule has 1 amide bonds. The molecule has 0 aliphatic rings. The first kappa shape index (κ1) is 26.9. The number of aromatic nitrogens is 1. The molecule has 3 aromatic rings. The van der Waals surface area contributed by atoms with Gasteiger partial charge in [-0.25, -0.2) is 0 Å². The van der Waals surface area contributed by atoms with Crippen molar-refractivity contribution in [2.45, 2.75) is 38.8 Å². The minimum absolute atomic E-state index is 0.183. The Hall–Kier alpha value is -2.71. The van der Waals surface area contributed by atoms with Crippen LogP contribution in [0.3, 0.4) is 0 Å². The highest BCUT2D eigenvalue weighted by molar-refractivity contribution is 6.36. The van der Waals surface area contributed by atoms with E-state index in [1.54, 1.807) is 30.7 Å². The standard InChI is InChI=1S/C25H25Cl2F3N2O3/c1-14-8-17(25(28,29)30)10-22-19(14)11-18(32(22)2)12-20-21(26)6-5-15(23(20)27)9-16(24(34)35)4-3-7-31-13-33/h5-6,8,10-11,13,16H,3-4,7,9,12H2,1-2H3,(H,31,33)(H,34,35). The van der Waals surface area contributed by atoms with E-state index in [0.717, 1.165) is 17.8 Å². The number of nitrogens with one attached hydrogen (secondary N) is 1. The van der Waals surface area contributed by atoms with Crippen LogP contribution in [0.5, 0.6) is 0 Å².